The summed E-state index contributed by atoms with van der Waals surface area (Å²) in [4.78, 5) is 46.5. The van der Waals surface area contributed by atoms with Gasteiger partial charge in [0.2, 0.25) is 0 Å². The van der Waals surface area contributed by atoms with E-state index in [2.05, 4.69) is 16.0 Å². The van der Waals surface area contributed by atoms with Crippen molar-refractivity contribution in [2.75, 3.05) is 10.6 Å². The van der Waals surface area contributed by atoms with Crippen molar-refractivity contribution in [1.82, 2.24) is 5.32 Å². The van der Waals surface area contributed by atoms with E-state index in [9.17, 15) is 29.8 Å². The van der Waals surface area contributed by atoms with Crippen LogP contribution in [0, 0.1) is 26.1 Å². The zero-order valence-corrected chi connectivity index (χ0v) is 18.0. The van der Waals surface area contributed by atoms with Crippen LogP contribution in [0.5, 0.6) is 0 Å². The van der Waals surface area contributed by atoms with E-state index in [0.717, 1.165) is 0 Å². The molecule has 1 aliphatic rings. The maximum absolute atomic E-state index is 13.0. The molecule has 2 amide bonds. The quantitative estimate of drug-likeness (QED) is 0.444. The first kappa shape index (κ1) is 23.1. The summed E-state index contributed by atoms with van der Waals surface area (Å²) < 4.78 is 0. The number of carbonyl (C=O) groups is 2. The molecule has 0 bridgehead atoms. The van der Waals surface area contributed by atoms with Gasteiger partial charge in [0.15, 0.2) is 0 Å². The van der Waals surface area contributed by atoms with Crippen molar-refractivity contribution in [3.63, 3.8) is 0 Å². The summed E-state index contributed by atoms with van der Waals surface area (Å²) >= 11 is 0. The molecule has 3 N–H and O–H groups in total. The number of hydrogen-bond acceptors (Lipinski definition) is 7. The fraction of sp³-hybridized carbons (Fsp3) is 0.182. The molecule has 170 valence electrons. The van der Waals surface area contributed by atoms with E-state index in [-0.39, 0.29) is 11.4 Å². The molecule has 0 saturated heterocycles. The molecule has 11 heteroatoms. The third kappa shape index (κ3) is 5.03. The van der Waals surface area contributed by atoms with Gasteiger partial charge in [-0.3, -0.25) is 29.8 Å². The number of dihydropyridines is 1. The van der Waals surface area contributed by atoms with Crippen LogP contribution in [0.2, 0.25) is 0 Å². The lowest BCUT2D eigenvalue weighted by atomic mass is 9.86. The van der Waals surface area contributed by atoms with Crippen LogP contribution in [0.25, 0.3) is 0 Å². The van der Waals surface area contributed by atoms with Crippen LogP contribution in [0.1, 0.15) is 20.8 Å². The van der Waals surface area contributed by atoms with E-state index in [1.165, 1.54) is 48.5 Å². The highest BCUT2D eigenvalue weighted by atomic mass is 16.6. The van der Waals surface area contributed by atoms with Crippen LogP contribution in [0.3, 0.4) is 0 Å². The molecule has 2 aromatic carbocycles. The Hall–Kier alpha value is -4.54. The highest BCUT2D eigenvalue weighted by Crippen LogP contribution is 2.31. The van der Waals surface area contributed by atoms with Crippen molar-refractivity contribution in [1.29, 1.82) is 0 Å². The molecule has 0 radical (unpaired) electrons. The molecular formula is C22H21N5O6. The highest BCUT2D eigenvalue weighted by molar-refractivity contribution is 6.10. The minimum atomic E-state index is -0.567. The van der Waals surface area contributed by atoms with Gasteiger partial charge >= 0.3 is 0 Å². The van der Waals surface area contributed by atoms with Crippen LogP contribution in [-0.2, 0) is 9.59 Å². The van der Waals surface area contributed by atoms with E-state index in [1.54, 1.807) is 20.8 Å². The van der Waals surface area contributed by atoms with Gasteiger partial charge in [-0.25, -0.2) is 0 Å². The molecular weight excluding hydrogens is 430 g/mol. The third-order valence-electron chi connectivity index (χ3n) is 5.21. The number of anilines is 2. The van der Waals surface area contributed by atoms with E-state index in [1.807, 2.05) is 0 Å². The number of nitro groups is 2. The molecule has 2 aromatic rings. The van der Waals surface area contributed by atoms with Crippen LogP contribution in [0.15, 0.2) is 71.1 Å². The Morgan fingerprint density at radius 3 is 1.39 bits per heavy atom. The molecule has 0 aliphatic carbocycles. The number of carbonyl (C=O) groups excluding carboxylic acids is 2. The fourth-order valence-electron chi connectivity index (χ4n) is 3.67. The molecule has 0 saturated carbocycles. The van der Waals surface area contributed by atoms with Crippen LogP contribution >= 0.6 is 0 Å². The number of amides is 2. The van der Waals surface area contributed by atoms with Crippen molar-refractivity contribution in [3.8, 4) is 0 Å². The topological polar surface area (TPSA) is 157 Å². The van der Waals surface area contributed by atoms with E-state index in [4.69, 9.17) is 0 Å². The van der Waals surface area contributed by atoms with Gasteiger partial charge in [0.25, 0.3) is 23.2 Å². The normalized spacial score (nSPS) is 13.9. The van der Waals surface area contributed by atoms with Gasteiger partial charge in [-0.05, 0) is 38.1 Å². The SMILES string of the molecule is CC1=C(C(=O)Nc2ccc([N+](=O)[O-])cc2)C(C)C(C(=O)Nc2ccc([N+](=O)[O-])cc2)=C(C)N1. The summed E-state index contributed by atoms with van der Waals surface area (Å²) in [5.74, 6) is -1.47. The van der Waals surface area contributed by atoms with Crippen molar-refractivity contribution < 1.29 is 19.4 Å². The van der Waals surface area contributed by atoms with Crippen LogP contribution in [0.4, 0.5) is 22.7 Å². The molecule has 0 atom stereocenters. The molecule has 11 nitrogen and oxygen atoms in total. The number of allylic oxidation sites excluding steroid dienone is 2. The van der Waals surface area contributed by atoms with E-state index in [0.29, 0.717) is 33.9 Å². The maximum atomic E-state index is 13.0. The fourth-order valence-corrected chi connectivity index (χ4v) is 3.67. The summed E-state index contributed by atoms with van der Waals surface area (Å²) in [6.07, 6.45) is 0. The lowest BCUT2D eigenvalue weighted by Gasteiger charge is -2.28. The minimum Gasteiger partial charge on any atom is -0.362 e. The Morgan fingerprint density at radius 2 is 1.09 bits per heavy atom. The van der Waals surface area contributed by atoms with Gasteiger partial charge < -0.3 is 16.0 Å². The smallest absolute Gasteiger partial charge is 0.269 e. The summed E-state index contributed by atoms with van der Waals surface area (Å²) in [6.45, 7) is 5.16. The van der Waals surface area contributed by atoms with Crippen molar-refractivity contribution >= 4 is 34.6 Å². The first-order valence-corrected chi connectivity index (χ1v) is 9.88. The first-order valence-electron chi connectivity index (χ1n) is 9.88. The number of rotatable bonds is 6. The number of benzene rings is 2. The van der Waals surface area contributed by atoms with Crippen LogP contribution in [-0.4, -0.2) is 21.7 Å². The van der Waals surface area contributed by atoms with Gasteiger partial charge in [-0.2, -0.15) is 0 Å². The van der Waals surface area contributed by atoms with E-state index >= 15 is 0 Å². The molecule has 1 heterocycles. The molecule has 0 spiro atoms. The summed E-state index contributed by atoms with van der Waals surface area (Å²) in [5.41, 5.74) is 2.39. The number of nitrogens with one attached hydrogen (secondary N) is 3. The van der Waals surface area contributed by atoms with Gasteiger partial charge in [0.05, 0.1) is 9.85 Å². The number of nitrogens with zero attached hydrogens (tertiary/aromatic N) is 2. The average molecular weight is 451 g/mol. The predicted octanol–water partition coefficient (Wildman–Crippen LogP) is 3.87. The second kappa shape index (κ2) is 9.30. The second-order valence-corrected chi connectivity index (χ2v) is 7.44. The standard InChI is InChI=1S/C22H21N5O6/c1-12-19(21(28)24-15-4-8-17(9-5-15)26(30)31)13(2)23-14(3)20(12)22(29)25-16-6-10-18(11-7-16)27(32)33/h4-12,23H,1-3H3,(H,24,28)(H,25,29). The molecule has 1 aliphatic heterocycles. The second-order valence-electron chi connectivity index (χ2n) is 7.44. The monoisotopic (exact) mass is 451 g/mol. The van der Waals surface area contributed by atoms with Gasteiger partial charge in [-0.15, -0.1) is 0 Å². The minimum absolute atomic E-state index is 0.0974. The number of hydrogen-bond donors (Lipinski definition) is 3. The third-order valence-corrected chi connectivity index (χ3v) is 5.21. The van der Waals surface area contributed by atoms with Crippen molar-refractivity contribution in [2.24, 2.45) is 5.92 Å². The first-order chi connectivity index (χ1) is 15.6. The molecule has 0 unspecified atom stereocenters. The van der Waals surface area contributed by atoms with Gasteiger partial charge in [0.1, 0.15) is 0 Å². The summed E-state index contributed by atoms with van der Waals surface area (Å²) in [5, 5.41) is 30.1. The van der Waals surface area contributed by atoms with Gasteiger partial charge in [-0.1, -0.05) is 6.92 Å². The average Bonchev–Trinajstić information content (AvgIpc) is 2.74. The molecule has 3 rings (SSSR count). The Morgan fingerprint density at radius 1 is 0.758 bits per heavy atom. The Bertz CT molecular complexity index is 1110. The number of nitro benzene ring substituents is 2. The molecule has 33 heavy (non-hydrogen) atoms. The lowest BCUT2D eigenvalue weighted by molar-refractivity contribution is -0.385. The van der Waals surface area contributed by atoms with Crippen LogP contribution < -0.4 is 16.0 Å². The maximum Gasteiger partial charge on any atom is 0.269 e. The van der Waals surface area contributed by atoms with E-state index < -0.39 is 27.6 Å². The molecule has 0 fully saturated rings. The molecule has 0 aromatic heterocycles. The predicted molar refractivity (Wildman–Crippen MR) is 121 cm³/mol. The zero-order chi connectivity index (χ0) is 24.3. The Balaban J connectivity index is 1.77. The zero-order valence-electron chi connectivity index (χ0n) is 18.0. The van der Waals surface area contributed by atoms with Crippen molar-refractivity contribution in [2.45, 2.75) is 20.8 Å². The Labute approximate surface area is 188 Å². The summed E-state index contributed by atoms with van der Waals surface area (Å²) in [7, 11) is 0. The largest absolute Gasteiger partial charge is 0.362 e. The number of non-ortho nitro benzene ring substituents is 2. The summed E-state index contributed by atoms with van der Waals surface area (Å²) in [6, 6.07) is 10.8. The van der Waals surface area contributed by atoms with Gasteiger partial charge in [0, 0.05) is 64.1 Å². The highest BCUT2D eigenvalue weighted by Gasteiger charge is 2.32. The Kier molecular flexibility index (Phi) is 6.52. The van der Waals surface area contributed by atoms with Crippen molar-refractivity contribution in [3.05, 3.63) is 91.3 Å². The lowest BCUT2D eigenvalue weighted by Crippen LogP contribution is -2.34.